The zero-order chi connectivity index (χ0) is 16.6. The van der Waals surface area contributed by atoms with Gasteiger partial charge in [-0.15, -0.1) is 0 Å². The van der Waals surface area contributed by atoms with Crippen molar-refractivity contribution < 1.29 is 9.18 Å². The molecule has 1 aliphatic rings. The molecule has 0 unspecified atom stereocenters. The van der Waals surface area contributed by atoms with Crippen LogP contribution in [0.25, 0.3) is 6.08 Å². The lowest BCUT2D eigenvalue weighted by molar-refractivity contribution is -0.113. The maximum absolute atomic E-state index is 13.8. The van der Waals surface area contributed by atoms with E-state index in [1.54, 1.807) is 36.4 Å². The molecule has 1 fully saturated rings. The van der Waals surface area contributed by atoms with Crippen LogP contribution < -0.4 is 4.90 Å². The van der Waals surface area contributed by atoms with Crippen LogP contribution >= 0.6 is 51.5 Å². The quantitative estimate of drug-likeness (QED) is 0.455. The molecule has 2 aromatic rings. The van der Waals surface area contributed by atoms with E-state index in [9.17, 15) is 9.18 Å². The third-order valence-electron chi connectivity index (χ3n) is 3.15. The van der Waals surface area contributed by atoms with Crippen LogP contribution in [0.3, 0.4) is 0 Å². The molecule has 1 aliphatic heterocycles. The van der Waals surface area contributed by atoms with Crippen LogP contribution in [0.4, 0.5) is 10.1 Å². The summed E-state index contributed by atoms with van der Waals surface area (Å²) in [5.74, 6) is -0.675. The molecule has 2 nitrogen and oxygen atoms in total. The molecule has 23 heavy (non-hydrogen) atoms. The number of anilines is 1. The van der Waals surface area contributed by atoms with Gasteiger partial charge in [0, 0.05) is 10.0 Å². The Balaban J connectivity index is 1.97. The molecule has 2 aromatic carbocycles. The van der Waals surface area contributed by atoms with E-state index in [2.05, 4.69) is 15.9 Å². The molecule has 0 N–H and O–H groups in total. The zero-order valence-electron chi connectivity index (χ0n) is 11.4. The van der Waals surface area contributed by atoms with Gasteiger partial charge in [-0.25, -0.2) is 4.39 Å². The van der Waals surface area contributed by atoms with Gasteiger partial charge in [0.2, 0.25) is 0 Å². The van der Waals surface area contributed by atoms with Gasteiger partial charge in [0.1, 0.15) is 5.82 Å². The number of benzene rings is 2. The molecule has 3 rings (SSSR count). The van der Waals surface area contributed by atoms with E-state index in [0.29, 0.717) is 25.5 Å². The van der Waals surface area contributed by atoms with E-state index in [4.69, 9.17) is 23.8 Å². The number of halogens is 3. The molecule has 0 bridgehead atoms. The van der Waals surface area contributed by atoms with Gasteiger partial charge in [-0.2, -0.15) is 0 Å². The Morgan fingerprint density at radius 1 is 1.26 bits per heavy atom. The minimum atomic E-state index is -0.385. The fourth-order valence-electron chi connectivity index (χ4n) is 2.05. The highest BCUT2D eigenvalue weighted by molar-refractivity contribution is 9.10. The Labute approximate surface area is 155 Å². The highest BCUT2D eigenvalue weighted by Gasteiger charge is 2.33. The van der Waals surface area contributed by atoms with Crippen molar-refractivity contribution in [3.8, 4) is 0 Å². The minimum Gasteiger partial charge on any atom is -0.268 e. The second-order valence-electron chi connectivity index (χ2n) is 4.64. The summed E-state index contributed by atoms with van der Waals surface area (Å²) >= 11 is 15.8. The van der Waals surface area contributed by atoms with Gasteiger partial charge in [0.05, 0.1) is 15.6 Å². The molecule has 116 valence electrons. The lowest BCUT2D eigenvalue weighted by Crippen LogP contribution is -2.27. The highest BCUT2D eigenvalue weighted by atomic mass is 79.9. The van der Waals surface area contributed by atoms with E-state index in [-0.39, 0.29) is 11.7 Å². The van der Waals surface area contributed by atoms with Crippen molar-refractivity contribution in [3.63, 3.8) is 0 Å². The predicted molar refractivity (Wildman–Crippen MR) is 101 cm³/mol. The first-order valence-electron chi connectivity index (χ1n) is 6.45. The van der Waals surface area contributed by atoms with Crippen molar-refractivity contribution in [1.29, 1.82) is 0 Å². The summed E-state index contributed by atoms with van der Waals surface area (Å²) in [6.45, 7) is 0. The van der Waals surface area contributed by atoms with Crippen LogP contribution in [0, 0.1) is 5.82 Å². The van der Waals surface area contributed by atoms with Crippen LogP contribution in [0.15, 0.2) is 51.8 Å². The lowest BCUT2D eigenvalue weighted by Gasteiger charge is -2.15. The van der Waals surface area contributed by atoms with E-state index in [1.165, 1.54) is 17.0 Å². The van der Waals surface area contributed by atoms with Gasteiger partial charge in [0.15, 0.2) is 4.32 Å². The van der Waals surface area contributed by atoms with Crippen LogP contribution in [0.5, 0.6) is 0 Å². The van der Waals surface area contributed by atoms with Gasteiger partial charge in [-0.05, 0) is 46.3 Å². The van der Waals surface area contributed by atoms with Gasteiger partial charge in [-0.1, -0.05) is 53.8 Å². The smallest absolute Gasteiger partial charge is 0.268 e. The molecule has 0 aliphatic carbocycles. The largest absolute Gasteiger partial charge is 0.270 e. The second-order valence-corrected chi connectivity index (χ2v) is 7.57. The third-order valence-corrected chi connectivity index (χ3v) is 5.68. The fourth-order valence-corrected chi connectivity index (χ4v) is 3.76. The molecule has 0 spiro atoms. The van der Waals surface area contributed by atoms with Crippen LogP contribution in [-0.2, 0) is 4.79 Å². The Morgan fingerprint density at radius 2 is 2.00 bits per heavy atom. The molecule has 1 saturated heterocycles. The Hall–Kier alpha value is -1.21. The first kappa shape index (κ1) is 16.6. The van der Waals surface area contributed by atoms with Crippen molar-refractivity contribution >= 4 is 73.5 Å². The maximum atomic E-state index is 13.8. The van der Waals surface area contributed by atoms with Gasteiger partial charge >= 0.3 is 0 Å². The van der Waals surface area contributed by atoms with E-state index in [0.717, 1.165) is 16.2 Å². The van der Waals surface area contributed by atoms with Crippen molar-refractivity contribution in [2.75, 3.05) is 4.90 Å². The molecule has 0 saturated carbocycles. The first-order valence-corrected chi connectivity index (χ1v) is 8.84. The molecular formula is C16H8BrClFNOS2. The third kappa shape index (κ3) is 3.35. The fraction of sp³-hybridized carbons (Fsp3) is 0. The molecule has 0 radical (unpaired) electrons. The molecule has 0 atom stereocenters. The second kappa shape index (κ2) is 6.73. The monoisotopic (exact) mass is 427 g/mol. The molecule has 7 heteroatoms. The average molecular weight is 429 g/mol. The minimum absolute atomic E-state index is 0.290. The maximum Gasteiger partial charge on any atom is 0.270 e. The topological polar surface area (TPSA) is 20.3 Å². The van der Waals surface area contributed by atoms with Crippen molar-refractivity contribution in [1.82, 2.24) is 0 Å². The van der Waals surface area contributed by atoms with Crippen LogP contribution in [-0.4, -0.2) is 10.2 Å². The number of hydrogen-bond acceptors (Lipinski definition) is 3. The standard InChI is InChI=1S/C16H8BrClFNOS2/c17-11-6-5-10(8-12(11)18)20-15(21)14(23-16(20)22)7-9-3-1-2-4-13(9)19/h1-8H/b14-7+. The molecule has 1 heterocycles. The summed E-state index contributed by atoms with van der Waals surface area (Å²) < 4.78 is 14.9. The summed E-state index contributed by atoms with van der Waals surface area (Å²) in [6.07, 6.45) is 1.51. The number of amides is 1. The zero-order valence-corrected chi connectivity index (χ0v) is 15.4. The van der Waals surface area contributed by atoms with Crippen molar-refractivity contribution in [2.24, 2.45) is 0 Å². The normalized spacial score (nSPS) is 16.5. The van der Waals surface area contributed by atoms with Crippen molar-refractivity contribution in [2.45, 2.75) is 0 Å². The van der Waals surface area contributed by atoms with E-state index in [1.807, 2.05) is 0 Å². The number of hydrogen-bond donors (Lipinski definition) is 0. The van der Waals surface area contributed by atoms with Crippen LogP contribution in [0.2, 0.25) is 5.02 Å². The van der Waals surface area contributed by atoms with Crippen molar-refractivity contribution in [3.05, 3.63) is 68.2 Å². The number of thioether (sulfide) groups is 1. The number of thiocarbonyl (C=S) groups is 1. The van der Waals surface area contributed by atoms with Gasteiger partial charge < -0.3 is 0 Å². The summed E-state index contributed by atoms with van der Waals surface area (Å²) in [5.41, 5.74) is 0.930. The highest BCUT2D eigenvalue weighted by Crippen LogP contribution is 2.38. The van der Waals surface area contributed by atoms with Gasteiger partial charge in [-0.3, -0.25) is 9.69 Å². The number of rotatable bonds is 2. The molecule has 0 aromatic heterocycles. The summed E-state index contributed by atoms with van der Waals surface area (Å²) in [7, 11) is 0. The Bertz CT molecular complexity index is 856. The molecular weight excluding hydrogens is 421 g/mol. The summed E-state index contributed by atoms with van der Waals surface area (Å²) in [6, 6.07) is 11.4. The number of carbonyl (C=O) groups is 1. The van der Waals surface area contributed by atoms with Crippen LogP contribution in [0.1, 0.15) is 5.56 Å². The SMILES string of the molecule is O=C1/C(=C\c2ccccc2F)SC(=S)N1c1ccc(Br)c(Cl)c1. The molecule has 1 amide bonds. The first-order chi connectivity index (χ1) is 11.0. The average Bonchev–Trinajstić information content (AvgIpc) is 2.79. The predicted octanol–water partition coefficient (Wildman–Crippen LogP) is 5.65. The summed E-state index contributed by atoms with van der Waals surface area (Å²) in [5, 5.41) is 0.481. The Kier molecular flexibility index (Phi) is 4.87. The Morgan fingerprint density at radius 3 is 2.70 bits per heavy atom. The van der Waals surface area contributed by atoms with E-state index < -0.39 is 0 Å². The number of nitrogens with zero attached hydrogens (tertiary/aromatic N) is 1. The number of carbonyl (C=O) groups excluding carboxylic acids is 1. The van der Waals surface area contributed by atoms with Gasteiger partial charge in [0.25, 0.3) is 5.91 Å². The summed E-state index contributed by atoms with van der Waals surface area (Å²) in [4.78, 5) is 14.4. The van der Waals surface area contributed by atoms with E-state index >= 15 is 0 Å². The lowest BCUT2D eigenvalue weighted by atomic mass is 10.2.